The lowest BCUT2D eigenvalue weighted by Gasteiger charge is -2.41. The summed E-state index contributed by atoms with van der Waals surface area (Å²) < 4.78 is 0. The van der Waals surface area contributed by atoms with Crippen LogP contribution in [0.4, 0.5) is 16.3 Å². The summed E-state index contributed by atoms with van der Waals surface area (Å²) in [5, 5.41) is 3.03. The zero-order valence-electron chi connectivity index (χ0n) is 19.5. The summed E-state index contributed by atoms with van der Waals surface area (Å²) in [5.41, 5.74) is 2.79. The number of aromatic nitrogens is 1. The SMILES string of the molecule is CC1CC(C)CN(C(=O)c2ccnc(N3CCC(N4Cc5ccccc5NC4=O)CC3)c2)C1. The van der Waals surface area contributed by atoms with E-state index in [1.165, 1.54) is 6.42 Å². The van der Waals surface area contributed by atoms with Gasteiger partial charge in [0.1, 0.15) is 5.82 Å². The van der Waals surface area contributed by atoms with Crippen LogP contribution in [-0.2, 0) is 6.54 Å². The van der Waals surface area contributed by atoms with Gasteiger partial charge in [0.05, 0.1) is 0 Å². The van der Waals surface area contributed by atoms with Crippen molar-refractivity contribution in [1.29, 1.82) is 0 Å². The zero-order valence-corrected chi connectivity index (χ0v) is 19.5. The second kappa shape index (κ2) is 9.04. The predicted molar refractivity (Wildman–Crippen MR) is 129 cm³/mol. The van der Waals surface area contributed by atoms with Crippen LogP contribution in [0.2, 0.25) is 0 Å². The lowest BCUT2D eigenvalue weighted by atomic mass is 9.91. The number of rotatable bonds is 3. The Labute approximate surface area is 195 Å². The first-order chi connectivity index (χ1) is 16.0. The second-order valence-corrected chi connectivity index (χ2v) is 9.99. The number of para-hydroxylation sites is 1. The first-order valence-corrected chi connectivity index (χ1v) is 12.1. The molecular formula is C26H33N5O2. The number of hydrogen-bond acceptors (Lipinski definition) is 4. The summed E-state index contributed by atoms with van der Waals surface area (Å²) >= 11 is 0. The molecule has 0 bridgehead atoms. The lowest BCUT2D eigenvalue weighted by molar-refractivity contribution is 0.0623. The summed E-state index contributed by atoms with van der Waals surface area (Å²) in [4.78, 5) is 36.6. The number of fused-ring (bicyclic) bond motifs is 1. The Morgan fingerprint density at radius 3 is 2.55 bits per heavy atom. The van der Waals surface area contributed by atoms with Crippen molar-refractivity contribution in [3.8, 4) is 0 Å². The molecule has 0 saturated carbocycles. The Morgan fingerprint density at radius 2 is 1.79 bits per heavy atom. The molecule has 5 rings (SSSR count). The quantitative estimate of drug-likeness (QED) is 0.765. The molecule has 2 fully saturated rings. The van der Waals surface area contributed by atoms with E-state index in [-0.39, 0.29) is 18.0 Å². The van der Waals surface area contributed by atoms with Gasteiger partial charge < -0.3 is 20.0 Å². The maximum absolute atomic E-state index is 13.1. The Hall–Kier alpha value is -3.09. The van der Waals surface area contributed by atoms with E-state index in [1.54, 1.807) is 6.20 Å². The van der Waals surface area contributed by atoms with E-state index >= 15 is 0 Å². The number of likely N-dealkylation sites (tertiary alicyclic amines) is 1. The molecule has 4 heterocycles. The van der Waals surface area contributed by atoms with E-state index in [9.17, 15) is 9.59 Å². The second-order valence-electron chi connectivity index (χ2n) is 9.99. The van der Waals surface area contributed by atoms with Crippen LogP contribution in [0.1, 0.15) is 49.0 Å². The van der Waals surface area contributed by atoms with Gasteiger partial charge in [-0.25, -0.2) is 9.78 Å². The largest absolute Gasteiger partial charge is 0.356 e. The number of piperidine rings is 2. The van der Waals surface area contributed by atoms with E-state index in [2.05, 4.69) is 35.1 Å². The van der Waals surface area contributed by atoms with E-state index in [4.69, 9.17) is 0 Å². The van der Waals surface area contributed by atoms with Gasteiger partial charge in [-0.05, 0) is 54.9 Å². The molecule has 2 saturated heterocycles. The van der Waals surface area contributed by atoms with E-state index in [0.29, 0.717) is 18.4 Å². The molecule has 33 heavy (non-hydrogen) atoms. The number of pyridine rings is 1. The molecular weight excluding hydrogens is 414 g/mol. The molecule has 2 atom stereocenters. The molecule has 2 aromatic rings. The topological polar surface area (TPSA) is 68.8 Å². The van der Waals surface area contributed by atoms with E-state index < -0.39 is 0 Å². The maximum Gasteiger partial charge on any atom is 0.322 e. The fraction of sp³-hybridized carbons (Fsp3) is 0.500. The number of benzene rings is 1. The molecule has 2 unspecified atom stereocenters. The molecule has 0 aliphatic carbocycles. The maximum atomic E-state index is 13.1. The Morgan fingerprint density at radius 1 is 1.06 bits per heavy atom. The fourth-order valence-electron chi connectivity index (χ4n) is 5.66. The third kappa shape index (κ3) is 4.54. The first kappa shape index (κ1) is 21.7. The number of nitrogens with one attached hydrogen (secondary N) is 1. The van der Waals surface area contributed by atoms with Crippen LogP contribution in [0.15, 0.2) is 42.6 Å². The normalized spacial score (nSPS) is 23.8. The van der Waals surface area contributed by atoms with Crippen molar-refractivity contribution in [3.63, 3.8) is 0 Å². The number of hydrogen-bond donors (Lipinski definition) is 1. The van der Waals surface area contributed by atoms with Crippen LogP contribution >= 0.6 is 0 Å². The van der Waals surface area contributed by atoms with Crippen molar-refractivity contribution in [2.24, 2.45) is 11.8 Å². The van der Waals surface area contributed by atoms with Crippen LogP contribution in [0.3, 0.4) is 0 Å². The molecule has 3 aliphatic rings. The molecule has 7 nitrogen and oxygen atoms in total. The van der Waals surface area contributed by atoms with Gasteiger partial charge in [-0.1, -0.05) is 32.0 Å². The van der Waals surface area contributed by atoms with Crippen molar-refractivity contribution >= 4 is 23.4 Å². The van der Waals surface area contributed by atoms with Crippen LogP contribution in [0, 0.1) is 11.8 Å². The highest BCUT2D eigenvalue weighted by molar-refractivity contribution is 5.95. The predicted octanol–water partition coefficient (Wildman–Crippen LogP) is 4.22. The Bertz CT molecular complexity index is 1020. The van der Waals surface area contributed by atoms with Gasteiger partial charge >= 0.3 is 6.03 Å². The highest BCUT2D eigenvalue weighted by Gasteiger charge is 2.32. The average molecular weight is 448 g/mol. The average Bonchev–Trinajstić information content (AvgIpc) is 2.83. The molecule has 1 aromatic heterocycles. The Kier molecular flexibility index (Phi) is 5.96. The molecule has 7 heteroatoms. The van der Waals surface area contributed by atoms with Crippen molar-refractivity contribution < 1.29 is 9.59 Å². The number of amides is 3. The standard InChI is InChI=1S/C26H33N5O2/c1-18-13-19(2)16-30(15-18)25(32)20-7-10-27-24(14-20)29-11-8-22(9-12-29)31-17-21-5-3-4-6-23(21)28-26(31)33/h3-7,10,14,18-19,22H,8-9,11-13,15-17H2,1-2H3,(H,28,33). The molecule has 3 amide bonds. The van der Waals surface area contributed by atoms with Gasteiger partial charge in [-0.3, -0.25) is 4.79 Å². The van der Waals surface area contributed by atoms with Crippen molar-refractivity contribution in [3.05, 3.63) is 53.7 Å². The highest BCUT2D eigenvalue weighted by atomic mass is 16.2. The van der Waals surface area contributed by atoms with Gasteiger partial charge in [0, 0.05) is 56.2 Å². The number of nitrogens with zero attached hydrogens (tertiary/aromatic N) is 4. The van der Waals surface area contributed by atoms with Gasteiger partial charge in [0.15, 0.2) is 0 Å². The van der Waals surface area contributed by atoms with E-state index in [1.807, 2.05) is 40.1 Å². The van der Waals surface area contributed by atoms with Gasteiger partial charge in [0.2, 0.25) is 0 Å². The summed E-state index contributed by atoms with van der Waals surface area (Å²) in [6.07, 6.45) is 4.70. The molecule has 174 valence electrons. The lowest BCUT2D eigenvalue weighted by Crippen LogP contribution is -2.50. The molecule has 1 N–H and O–H groups in total. The summed E-state index contributed by atoms with van der Waals surface area (Å²) in [6.45, 7) is 8.39. The smallest absolute Gasteiger partial charge is 0.322 e. The third-order valence-electron chi connectivity index (χ3n) is 7.24. The monoisotopic (exact) mass is 447 g/mol. The number of urea groups is 1. The van der Waals surface area contributed by atoms with Crippen molar-refractivity contribution in [2.75, 3.05) is 36.4 Å². The molecule has 3 aliphatic heterocycles. The number of carbonyl (C=O) groups is 2. The molecule has 0 spiro atoms. The van der Waals surface area contributed by atoms with Crippen molar-refractivity contribution in [1.82, 2.24) is 14.8 Å². The van der Waals surface area contributed by atoms with Crippen LogP contribution in [0.25, 0.3) is 0 Å². The number of carbonyl (C=O) groups excluding carboxylic acids is 2. The van der Waals surface area contributed by atoms with Crippen LogP contribution in [-0.4, -0.2) is 58.9 Å². The van der Waals surface area contributed by atoms with Crippen LogP contribution < -0.4 is 10.2 Å². The highest BCUT2D eigenvalue weighted by Crippen LogP contribution is 2.29. The minimum Gasteiger partial charge on any atom is -0.356 e. The van der Waals surface area contributed by atoms with Crippen molar-refractivity contribution in [2.45, 2.75) is 45.7 Å². The Balaban J connectivity index is 1.23. The van der Waals surface area contributed by atoms with Gasteiger partial charge in [0.25, 0.3) is 5.91 Å². The zero-order chi connectivity index (χ0) is 22.9. The summed E-state index contributed by atoms with van der Waals surface area (Å²) in [6, 6.07) is 12.0. The minimum absolute atomic E-state index is 0.0112. The number of anilines is 2. The first-order valence-electron chi connectivity index (χ1n) is 12.1. The summed E-state index contributed by atoms with van der Waals surface area (Å²) in [7, 11) is 0. The third-order valence-corrected chi connectivity index (χ3v) is 7.24. The van der Waals surface area contributed by atoms with Gasteiger partial charge in [-0.2, -0.15) is 0 Å². The van der Waals surface area contributed by atoms with E-state index in [0.717, 1.165) is 61.7 Å². The minimum atomic E-state index is -0.0112. The summed E-state index contributed by atoms with van der Waals surface area (Å²) in [5.74, 6) is 2.04. The van der Waals surface area contributed by atoms with Gasteiger partial charge in [-0.15, -0.1) is 0 Å². The molecule has 0 radical (unpaired) electrons. The fourth-order valence-corrected chi connectivity index (χ4v) is 5.66. The van der Waals surface area contributed by atoms with Crippen LogP contribution in [0.5, 0.6) is 0 Å². The molecule has 1 aromatic carbocycles.